The Hall–Kier alpha value is -3.24. The van der Waals surface area contributed by atoms with E-state index in [0.717, 1.165) is 59.6 Å². The van der Waals surface area contributed by atoms with Crippen molar-refractivity contribution >= 4 is 60.6 Å². The molecule has 32 heavy (non-hydrogen) atoms. The number of H-pyrrole nitrogens is 1. The van der Waals surface area contributed by atoms with Crippen LogP contribution in [0.25, 0.3) is 21.9 Å². The SMILES string of the molecule is CS(=O)(=O)c1ccc(NC(=S)N2CCN(c3ncnc4[nH]c5ccccc5c34)CC2)cc1. The largest absolute Gasteiger partial charge is 0.352 e. The Labute approximate surface area is 191 Å². The number of nitrogens with one attached hydrogen (secondary N) is 2. The number of aromatic nitrogens is 3. The van der Waals surface area contributed by atoms with Crippen molar-refractivity contribution in [2.24, 2.45) is 0 Å². The van der Waals surface area contributed by atoms with E-state index in [-0.39, 0.29) is 4.90 Å². The molecular weight excluding hydrogens is 444 g/mol. The third-order valence-corrected chi connectivity index (χ3v) is 7.17. The van der Waals surface area contributed by atoms with E-state index in [4.69, 9.17) is 12.2 Å². The molecule has 5 rings (SSSR count). The molecule has 2 N–H and O–H groups in total. The van der Waals surface area contributed by atoms with Gasteiger partial charge < -0.3 is 20.1 Å². The van der Waals surface area contributed by atoms with Crippen molar-refractivity contribution in [1.82, 2.24) is 19.9 Å². The fraction of sp³-hybridized carbons (Fsp3) is 0.227. The van der Waals surface area contributed by atoms with Gasteiger partial charge in [-0.2, -0.15) is 0 Å². The first-order valence-corrected chi connectivity index (χ1v) is 12.5. The van der Waals surface area contributed by atoms with Crippen LogP contribution in [-0.2, 0) is 9.84 Å². The summed E-state index contributed by atoms with van der Waals surface area (Å²) in [5, 5.41) is 6.00. The Balaban J connectivity index is 1.29. The summed E-state index contributed by atoms with van der Waals surface area (Å²) in [4.78, 5) is 17.0. The van der Waals surface area contributed by atoms with Crippen LogP contribution in [0, 0.1) is 0 Å². The maximum absolute atomic E-state index is 11.6. The Bertz CT molecular complexity index is 1410. The van der Waals surface area contributed by atoms with Gasteiger partial charge in [-0.05, 0) is 42.5 Å². The first-order valence-electron chi connectivity index (χ1n) is 10.2. The van der Waals surface area contributed by atoms with Crippen LogP contribution in [0.3, 0.4) is 0 Å². The maximum atomic E-state index is 11.6. The van der Waals surface area contributed by atoms with Gasteiger partial charge in [-0.1, -0.05) is 18.2 Å². The highest BCUT2D eigenvalue weighted by molar-refractivity contribution is 7.90. The number of fused-ring (bicyclic) bond motifs is 3. The van der Waals surface area contributed by atoms with Gasteiger partial charge in [0.25, 0.3) is 0 Å². The molecular formula is C22H22N6O2S2. The Kier molecular flexibility index (Phi) is 5.18. The topological polar surface area (TPSA) is 94.2 Å². The zero-order valence-corrected chi connectivity index (χ0v) is 19.1. The van der Waals surface area contributed by atoms with E-state index < -0.39 is 9.84 Å². The summed E-state index contributed by atoms with van der Waals surface area (Å²) in [5.74, 6) is 0.933. The molecule has 0 aliphatic carbocycles. The number of thiocarbonyl (C=S) groups is 1. The molecule has 0 unspecified atom stereocenters. The predicted octanol–water partition coefficient (Wildman–Crippen LogP) is 3.03. The molecule has 0 radical (unpaired) electrons. The number of rotatable bonds is 3. The van der Waals surface area contributed by atoms with Gasteiger partial charge >= 0.3 is 0 Å². The molecule has 3 heterocycles. The second-order valence-corrected chi connectivity index (χ2v) is 10.2. The normalized spacial score (nSPS) is 14.8. The Morgan fingerprint density at radius 3 is 2.47 bits per heavy atom. The molecule has 2 aromatic carbocycles. The van der Waals surface area contributed by atoms with Crippen LogP contribution in [0.2, 0.25) is 0 Å². The lowest BCUT2D eigenvalue weighted by Gasteiger charge is -2.37. The summed E-state index contributed by atoms with van der Waals surface area (Å²) in [6, 6.07) is 14.8. The second-order valence-electron chi connectivity index (χ2n) is 7.79. The second kappa shape index (κ2) is 8.03. The van der Waals surface area contributed by atoms with E-state index in [9.17, 15) is 8.42 Å². The molecule has 4 aromatic rings. The number of hydrogen-bond acceptors (Lipinski definition) is 6. The number of para-hydroxylation sites is 1. The molecule has 2 aromatic heterocycles. The number of benzene rings is 2. The third kappa shape index (κ3) is 3.87. The fourth-order valence-corrected chi connectivity index (χ4v) is 4.94. The fourth-order valence-electron chi connectivity index (χ4n) is 4.01. The van der Waals surface area contributed by atoms with E-state index >= 15 is 0 Å². The minimum atomic E-state index is -3.22. The van der Waals surface area contributed by atoms with Crippen LogP contribution in [-0.4, -0.2) is 65.8 Å². The van der Waals surface area contributed by atoms with E-state index in [0.29, 0.717) is 5.11 Å². The molecule has 0 bridgehead atoms. The number of hydrogen-bond donors (Lipinski definition) is 2. The van der Waals surface area contributed by atoms with Crippen LogP contribution in [0.1, 0.15) is 0 Å². The molecule has 1 aliphatic rings. The zero-order valence-electron chi connectivity index (χ0n) is 17.4. The summed E-state index contributed by atoms with van der Waals surface area (Å²) in [7, 11) is -3.22. The number of piperazine rings is 1. The van der Waals surface area contributed by atoms with E-state index in [1.807, 2.05) is 18.2 Å². The number of nitrogens with zero attached hydrogens (tertiary/aromatic N) is 4. The van der Waals surface area contributed by atoms with Gasteiger partial charge in [-0.25, -0.2) is 18.4 Å². The highest BCUT2D eigenvalue weighted by Gasteiger charge is 2.23. The van der Waals surface area contributed by atoms with Crippen LogP contribution < -0.4 is 10.2 Å². The van der Waals surface area contributed by atoms with Crippen molar-refractivity contribution in [2.45, 2.75) is 4.90 Å². The monoisotopic (exact) mass is 466 g/mol. The van der Waals surface area contributed by atoms with E-state index in [1.54, 1.807) is 30.6 Å². The van der Waals surface area contributed by atoms with E-state index in [1.165, 1.54) is 6.26 Å². The Morgan fingerprint density at radius 2 is 1.75 bits per heavy atom. The summed E-state index contributed by atoms with van der Waals surface area (Å²) < 4.78 is 23.3. The summed E-state index contributed by atoms with van der Waals surface area (Å²) in [6.07, 6.45) is 2.80. The number of sulfone groups is 1. The quantitative estimate of drug-likeness (QED) is 0.445. The van der Waals surface area contributed by atoms with Gasteiger partial charge in [0, 0.05) is 49.0 Å². The van der Waals surface area contributed by atoms with Crippen LogP contribution in [0.4, 0.5) is 11.5 Å². The lowest BCUT2D eigenvalue weighted by atomic mass is 10.2. The average molecular weight is 467 g/mol. The Morgan fingerprint density at radius 1 is 1.03 bits per heavy atom. The lowest BCUT2D eigenvalue weighted by molar-refractivity contribution is 0.390. The van der Waals surface area contributed by atoms with Crippen LogP contribution >= 0.6 is 12.2 Å². The van der Waals surface area contributed by atoms with Crippen molar-refractivity contribution in [1.29, 1.82) is 0 Å². The first kappa shape index (κ1) is 20.7. The highest BCUT2D eigenvalue weighted by Crippen LogP contribution is 2.31. The lowest BCUT2D eigenvalue weighted by Crippen LogP contribution is -2.50. The smallest absolute Gasteiger partial charge is 0.175 e. The standard InChI is InChI=1S/C22H22N6O2S2/c1-32(29,30)16-8-6-15(7-9-16)25-22(31)28-12-10-27(11-13-28)21-19-17-4-2-3-5-18(17)26-20(19)23-14-24-21/h2-9,14H,10-13H2,1H3,(H,25,31)(H,23,24,26). The highest BCUT2D eigenvalue weighted by atomic mass is 32.2. The molecule has 0 atom stereocenters. The molecule has 1 aliphatic heterocycles. The van der Waals surface area contributed by atoms with Crippen molar-refractivity contribution in [3.8, 4) is 0 Å². The summed E-state index contributed by atoms with van der Waals surface area (Å²) in [6.45, 7) is 3.06. The van der Waals surface area contributed by atoms with Gasteiger partial charge in [0.2, 0.25) is 0 Å². The minimum absolute atomic E-state index is 0.288. The molecule has 0 amide bonds. The van der Waals surface area contributed by atoms with Crippen LogP contribution in [0.5, 0.6) is 0 Å². The molecule has 1 fully saturated rings. The average Bonchev–Trinajstić information content (AvgIpc) is 3.18. The van der Waals surface area contributed by atoms with Gasteiger partial charge in [-0.3, -0.25) is 0 Å². The molecule has 164 valence electrons. The van der Waals surface area contributed by atoms with Crippen LogP contribution in [0.15, 0.2) is 59.8 Å². The van der Waals surface area contributed by atoms with E-state index in [2.05, 4.69) is 36.1 Å². The minimum Gasteiger partial charge on any atom is -0.352 e. The number of anilines is 2. The van der Waals surface area contributed by atoms with Gasteiger partial charge in [0.05, 0.1) is 10.3 Å². The summed E-state index contributed by atoms with van der Waals surface area (Å²) >= 11 is 5.59. The summed E-state index contributed by atoms with van der Waals surface area (Å²) in [5.41, 5.74) is 2.66. The molecule has 8 nitrogen and oxygen atoms in total. The van der Waals surface area contributed by atoms with Gasteiger partial charge in [0.15, 0.2) is 14.9 Å². The molecule has 1 saturated heterocycles. The zero-order chi connectivity index (χ0) is 22.3. The van der Waals surface area contributed by atoms with Crippen molar-refractivity contribution in [3.63, 3.8) is 0 Å². The number of aromatic amines is 1. The predicted molar refractivity (Wildman–Crippen MR) is 131 cm³/mol. The third-order valence-electron chi connectivity index (χ3n) is 5.68. The van der Waals surface area contributed by atoms with Crippen molar-refractivity contribution in [2.75, 3.05) is 42.7 Å². The first-order chi connectivity index (χ1) is 15.4. The van der Waals surface area contributed by atoms with Crippen molar-refractivity contribution < 1.29 is 8.42 Å². The molecule has 10 heteroatoms. The molecule has 0 saturated carbocycles. The molecule has 0 spiro atoms. The van der Waals surface area contributed by atoms with Gasteiger partial charge in [0.1, 0.15) is 17.8 Å². The van der Waals surface area contributed by atoms with Gasteiger partial charge in [-0.15, -0.1) is 0 Å². The maximum Gasteiger partial charge on any atom is 0.175 e. The van der Waals surface area contributed by atoms with Crippen molar-refractivity contribution in [3.05, 3.63) is 54.9 Å².